The minimum absolute atomic E-state index is 0.353. The highest BCUT2D eigenvalue weighted by molar-refractivity contribution is 5.30. The number of halogens is 2. The zero-order valence-electron chi connectivity index (χ0n) is 6.10. The average Bonchev–Trinajstić information content (AvgIpc) is 2.15. The van der Waals surface area contributed by atoms with Crippen LogP contribution >= 0.6 is 0 Å². The predicted molar refractivity (Wildman–Crippen MR) is 38.1 cm³/mol. The van der Waals surface area contributed by atoms with Crippen molar-refractivity contribution in [2.75, 3.05) is 7.11 Å². The fourth-order valence-electron chi connectivity index (χ4n) is 0.771. The van der Waals surface area contributed by atoms with Gasteiger partial charge in [-0.1, -0.05) is 0 Å². The van der Waals surface area contributed by atoms with Crippen LogP contribution in [0.25, 0.3) is 0 Å². The normalized spacial score (nSPS) is 17.9. The molecule has 0 bridgehead atoms. The fraction of sp³-hybridized carbons (Fsp3) is 0.250. The Kier molecular flexibility index (Phi) is 2.41. The molecule has 0 N–H and O–H groups in total. The topological polar surface area (TPSA) is 9.23 Å². The molecule has 1 aliphatic carbocycles. The van der Waals surface area contributed by atoms with Gasteiger partial charge in [-0.25, -0.2) is 8.78 Å². The smallest absolute Gasteiger partial charge is 0.162 e. The van der Waals surface area contributed by atoms with Gasteiger partial charge in [-0.2, -0.15) is 0 Å². The van der Waals surface area contributed by atoms with Crippen LogP contribution in [0.1, 0.15) is 6.42 Å². The molecule has 0 saturated heterocycles. The Bertz CT molecular complexity index is 238. The first kappa shape index (κ1) is 7.98. The first-order valence-corrected chi connectivity index (χ1v) is 3.21. The molecule has 3 heteroatoms. The summed E-state index contributed by atoms with van der Waals surface area (Å²) in [6, 6.07) is 0. The van der Waals surface area contributed by atoms with E-state index in [9.17, 15) is 8.78 Å². The lowest BCUT2D eigenvalue weighted by molar-refractivity contribution is 0.304. The molecule has 0 aliphatic heterocycles. The second kappa shape index (κ2) is 3.32. The highest BCUT2D eigenvalue weighted by atomic mass is 19.2. The number of hydrogen-bond donors (Lipinski definition) is 0. The summed E-state index contributed by atoms with van der Waals surface area (Å²) in [5.41, 5.74) is 0. The van der Waals surface area contributed by atoms with Gasteiger partial charge >= 0.3 is 0 Å². The minimum atomic E-state index is -0.879. The van der Waals surface area contributed by atoms with Crippen LogP contribution in [0.15, 0.2) is 35.6 Å². The molecule has 0 aromatic carbocycles. The van der Waals surface area contributed by atoms with Crippen molar-refractivity contribution >= 4 is 0 Å². The molecule has 0 unspecified atom stereocenters. The molecular formula is C8H8F2O. The van der Waals surface area contributed by atoms with E-state index in [0.717, 1.165) is 12.2 Å². The van der Waals surface area contributed by atoms with Crippen LogP contribution in [-0.4, -0.2) is 7.11 Å². The first-order chi connectivity index (χ1) is 5.24. The molecule has 0 amide bonds. The van der Waals surface area contributed by atoms with Crippen molar-refractivity contribution in [2.45, 2.75) is 6.42 Å². The summed E-state index contributed by atoms with van der Waals surface area (Å²) in [7, 11) is 1.42. The van der Waals surface area contributed by atoms with Crippen LogP contribution in [0.2, 0.25) is 0 Å². The lowest BCUT2D eigenvalue weighted by atomic mass is 10.3. The highest BCUT2D eigenvalue weighted by Gasteiger charge is 2.06. The van der Waals surface area contributed by atoms with Crippen molar-refractivity contribution in [2.24, 2.45) is 0 Å². The SMILES string of the molecule is COC1=CCC=C(F)C(F)=C1. The van der Waals surface area contributed by atoms with E-state index in [1.807, 2.05) is 0 Å². The Morgan fingerprint density at radius 2 is 2.00 bits per heavy atom. The second-order valence-corrected chi connectivity index (χ2v) is 2.09. The Morgan fingerprint density at radius 3 is 2.64 bits per heavy atom. The van der Waals surface area contributed by atoms with Gasteiger partial charge in [-0.05, 0) is 18.6 Å². The third kappa shape index (κ3) is 1.90. The van der Waals surface area contributed by atoms with Gasteiger partial charge in [-0.3, -0.25) is 0 Å². The van der Waals surface area contributed by atoms with Crippen LogP contribution in [0.5, 0.6) is 0 Å². The van der Waals surface area contributed by atoms with Gasteiger partial charge in [0.1, 0.15) is 5.76 Å². The predicted octanol–water partition coefficient (Wildman–Crippen LogP) is 2.63. The molecule has 0 aromatic heterocycles. The summed E-state index contributed by atoms with van der Waals surface area (Å²) >= 11 is 0. The van der Waals surface area contributed by atoms with Crippen LogP contribution in [0.3, 0.4) is 0 Å². The maximum Gasteiger partial charge on any atom is 0.162 e. The van der Waals surface area contributed by atoms with E-state index in [0.29, 0.717) is 12.2 Å². The van der Waals surface area contributed by atoms with E-state index in [1.165, 1.54) is 7.11 Å². The number of methoxy groups -OCH3 is 1. The molecule has 0 spiro atoms. The van der Waals surface area contributed by atoms with E-state index >= 15 is 0 Å². The van der Waals surface area contributed by atoms with E-state index in [1.54, 1.807) is 6.08 Å². The Hall–Kier alpha value is -1.12. The largest absolute Gasteiger partial charge is 0.497 e. The zero-order valence-corrected chi connectivity index (χ0v) is 6.10. The summed E-state index contributed by atoms with van der Waals surface area (Å²) in [6.07, 6.45) is 4.15. The molecule has 1 nitrogen and oxygen atoms in total. The maximum absolute atomic E-state index is 12.6. The molecule has 60 valence electrons. The van der Waals surface area contributed by atoms with Crippen molar-refractivity contribution in [3.05, 3.63) is 35.6 Å². The van der Waals surface area contributed by atoms with Crippen LogP contribution in [0.4, 0.5) is 8.78 Å². The summed E-state index contributed by atoms with van der Waals surface area (Å²) < 4.78 is 29.8. The van der Waals surface area contributed by atoms with E-state index in [-0.39, 0.29) is 0 Å². The molecule has 1 rings (SSSR count). The number of hydrogen-bond acceptors (Lipinski definition) is 1. The van der Waals surface area contributed by atoms with Gasteiger partial charge in [0.25, 0.3) is 0 Å². The van der Waals surface area contributed by atoms with Gasteiger partial charge in [0.05, 0.1) is 7.11 Å². The third-order valence-corrected chi connectivity index (χ3v) is 1.35. The quantitative estimate of drug-likeness (QED) is 0.570. The number of ether oxygens (including phenoxy) is 1. The fourth-order valence-corrected chi connectivity index (χ4v) is 0.771. The second-order valence-electron chi connectivity index (χ2n) is 2.09. The molecule has 1 aliphatic rings. The van der Waals surface area contributed by atoms with Crippen molar-refractivity contribution in [3.8, 4) is 0 Å². The standard InChI is InChI=1S/C8H8F2O/c1-11-6-3-2-4-7(9)8(10)5-6/h3-5H,2H2,1H3. The van der Waals surface area contributed by atoms with Crippen LogP contribution in [-0.2, 0) is 4.74 Å². The highest BCUT2D eigenvalue weighted by Crippen LogP contribution is 2.20. The zero-order chi connectivity index (χ0) is 8.27. The van der Waals surface area contributed by atoms with Gasteiger partial charge in [0.15, 0.2) is 11.7 Å². The molecule has 0 saturated carbocycles. The lowest BCUT2D eigenvalue weighted by Crippen LogP contribution is -1.81. The summed E-state index contributed by atoms with van der Waals surface area (Å²) in [6.45, 7) is 0. The van der Waals surface area contributed by atoms with E-state index in [2.05, 4.69) is 0 Å². The summed E-state index contributed by atoms with van der Waals surface area (Å²) in [5.74, 6) is -1.35. The average molecular weight is 158 g/mol. The Morgan fingerprint density at radius 1 is 1.27 bits per heavy atom. The molecule has 0 radical (unpaired) electrons. The molecule has 0 atom stereocenters. The van der Waals surface area contributed by atoms with Gasteiger partial charge in [0, 0.05) is 6.08 Å². The van der Waals surface area contributed by atoms with Crippen molar-refractivity contribution < 1.29 is 13.5 Å². The summed E-state index contributed by atoms with van der Waals surface area (Å²) in [4.78, 5) is 0. The van der Waals surface area contributed by atoms with Crippen molar-refractivity contribution in [1.82, 2.24) is 0 Å². The summed E-state index contributed by atoms with van der Waals surface area (Å²) in [5, 5.41) is 0. The number of allylic oxidation sites excluding steroid dienone is 5. The lowest BCUT2D eigenvalue weighted by Gasteiger charge is -1.96. The van der Waals surface area contributed by atoms with Crippen molar-refractivity contribution in [3.63, 3.8) is 0 Å². The van der Waals surface area contributed by atoms with Gasteiger partial charge < -0.3 is 4.74 Å². The monoisotopic (exact) mass is 158 g/mol. The van der Waals surface area contributed by atoms with Gasteiger partial charge in [0.2, 0.25) is 0 Å². The maximum atomic E-state index is 12.6. The molecule has 0 fully saturated rings. The number of rotatable bonds is 1. The van der Waals surface area contributed by atoms with E-state index in [4.69, 9.17) is 4.74 Å². The van der Waals surface area contributed by atoms with E-state index < -0.39 is 11.7 Å². The van der Waals surface area contributed by atoms with Crippen LogP contribution in [0, 0.1) is 0 Å². The van der Waals surface area contributed by atoms with Crippen LogP contribution < -0.4 is 0 Å². The third-order valence-electron chi connectivity index (χ3n) is 1.35. The first-order valence-electron chi connectivity index (χ1n) is 3.21. The molecular weight excluding hydrogens is 150 g/mol. The molecule has 0 heterocycles. The van der Waals surface area contributed by atoms with Crippen molar-refractivity contribution in [1.29, 1.82) is 0 Å². The van der Waals surface area contributed by atoms with Gasteiger partial charge in [-0.15, -0.1) is 0 Å². The molecule has 0 aromatic rings. The molecule has 11 heavy (non-hydrogen) atoms. The Labute approximate surface area is 63.7 Å². The Balaban J connectivity index is 2.87. The minimum Gasteiger partial charge on any atom is -0.497 e.